The van der Waals surface area contributed by atoms with E-state index in [2.05, 4.69) is 14.8 Å². The Balaban J connectivity index is 1.50. The summed E-state index contributed by atoms with van der Waals surface area (Å²) in [4.78, 5) is 22.1. The first-order valence-electron chi connectivity index (χ1n) is 11.4. The Kier molecular flexibility index (Phi) is 6.88. The Morgan fingerprint density at radius 3 is 2.53 bits per heavy atom. The molecule has 2 aliphatic rings. The van der Waals surface area contributed by atoms with Crippen LogP contribution in [0.1, 0.15) is 37.4 Å². The maximum absolute atomic E-state index is 13.6. The van der Waals surface area contributed by atoms with Crippen LogP contribution in [-0.2, 0) is 21.5 Å². The fourth-order valence-corrected chi connectivity index (χ4v) is 5.28. The number of rotatable bonds is 7. The number of hydrogen-bond donors (Lipinski definition) is 1. The Morgan fingerprint density at radius 2 is 1.91 bits per heavy atom. The number of hydrogen-bond acceptors (Lipinski definition) is 5. The molecule has 0 saturated carbocycles. The van der Waals surface area contributed by atoms with Crippen molar-refractivity contribution in [3.05, 3.63) is 65.7 Å². The van der Waals surface area contributed by atoms with Crippen molar-refractivity contribution in [2.75, 3.05) is 39.4 Å². The summed E-state index contributed by atoms with van der Waals surface area (Å²) in [6.45, 7) is 7.62. The van der Waals surface area contributed by atoms with Crippen LogP contribution in [0.5, 0.6) is 0 Å². The molecule has 6 nitrogen and oxygen atoms in total. The molecule has 4 rings (SSSR count). The molecule has 172 valence electrons. The number of carbonyl (C=O) groups is 1. The molecule has 1 amide bonds. The molecule has 2 saturated heterocycles. The van der Waals surface area contributed by atoms with E-state index in [0.29, 0.717) is 19.6 Å². The molecule has 1 atom stereocenters. The molecule has 0 aliphatic carbocycles. The molecule has 32 heavy (non-hydrogen) atoms. The van der Waals surface area contributed by atoms with Crippen LogP contribution < -0.4 is 5.73 Å². The van der Waals surface area contributed by atoms with E-state index in [0.717, 1.165) is 56.8 Å². The molecule has 0 bridgehead atoms. The van der Waals surface area contributed by atoms with Crippen molar-refractivity contribution in [1.29, 1.82) is 0 Å². The number of primary amides is 1. The number of nitrogens with zero attached hydrogens (tertiary/aromatic N) is 3. The average Bonchev–Trinajstić information content (AvgIpc) is 2.80. The SMILES string of the molecule is CC(CC1(N2CCN(Cc3cccc(F)c3)CC2)CCOCC1)(C(N)=O)c1ccccn1. The molecular formula is C25H33FN4O2. The molecule has 0 spiro atoms. The zero-order valence-corrected chi connectivity index (χ0v) is 18.8. The number of halogens is 1. The third kappa shape index (κ3) is 4.85. The van der Waals surface area contributed by atoms with Gasteiger partial charge in [0.15, 0.2) is 0 Å². The topological polar surface area (TPSA) is 71.7 Å². The van der Waals surface area contributed by atoms with Crippen LogP contribution in [0.4, 0.5) is 4.39 Å². The van der Waals surface area contributed by atoms with Gasteiger partial charge in [0.1, 0.15) is 5.82 Å². The first-order chi connectivity index (χ1) is 15.4. The molecule has 0 radical (unpaired) electrons. The summed E-state index contributed by atoms with van der Waals surface area (Å²) < 4.78 is 19.3. The molecule has 2 fully saturated rings. The van der Waals surface area contributed by atoms with Crippen LogP contribution in [0.15, 0.2) is 48.7 Å². The number of ether oxygens (including phenoxy) is 1. The number of pyridine rings is 1. The van der Waals surface area contributed by atoms with Crippen molar-refractivity contribution in [3.63, 3.8) is 0 Å². The Labute approximate surface area is 189 Å². The van der Waals surface area contributed by atoms with Gasteiger partial charge in [0.05, 0.1) is 11.1 Å². The molecule has 2 aromatic rings. The lowest BCUT2D eigenvalue weighted by Crippen LogP contribution is -2.61. The summed E-state index contributed by atoms with van der Waals surface area (Å²) in [5.74, 6) is -0.533. The Bertz CT molecular complexity index is 911. The molecular weight excluding hydrogens is 407 g/mol. The van der Waals surface area contributed by atoms with E-state index >= 15 is 0 Å². The van der Waals surface area contributed by atoms with E-state index in [1.54, 1.807) is 18.3 Å². The molecule has 2 N–H and O–H groups in total. The van der Waals surface area contributed by atoms with Gasteiger partial charge >= 0.3 is 0 Å². The lowest BCUT2D eigenvalue weighted by atomic mass is 9.70. The molecule has 3 heterocycles. The van der Waals surface area contributed by atoms with Gasteiger partial charge in [-0.3, -0.25) is 19.6 Å². The molecule has 1 aromatic heterocycles. The summed E-state index contributed by atoms with van der Waals surface area (Å²) in [7, 11) is 0. The number of aromatic nitrogens is 1. The van der Waals surface area contributed by atoms with E-state index in [9.17, 15) is 9.18 Å². The van der Waals surface area contributed by atoms with Crippen LogP contribution in [0.3, 0.4) is 0 Å². The van der Waals surface area contributed by atoms with E-state index in [4.69, 9.17) is 10.5 Å². The van der Waals surface area contributed by atoms with Crippen LogP contribution in [0, 0.1) is 5.82 Å². The maximum Gasteiger partial charge on any atom is 0.229 e. The lowest BCUT2D eigenvalue weighted by Gasteiger charge is -2.52. The minimum absolute atomic E-state index is 0.162. The average molecular weight is 441 g/mol. The lowest BCUT2D eigenvalue weighted by molar-refractivity contribution is -0.127. The first kappa shape index (κ1) is 22.8. The molecule has 7 heteroatoms. The van der Waals surface area contributed by atoms with Crippen LogP contribution in [-0.4, -0.2) is 65.6 Å². The number of nitrogens with two attached hydrogens (primary N) is 1. The summed E-state index contributed by atoms with van der Waals surface area (Å²) in [6, 6.07) is 12.5. The fraction of sp³-hybridized carbons (Fsp3) is 0.520. The molecule has 2 aliphatic heterocycles. The van der Waals surface area contributed by atoms with E-state index < -0.39 is 5.41 Å². The van der Waals surface area contributed by atoms with Crippen molar-refractivity contribution in [2.24, 2.45) is 5.73 Å². The predicted octanol–water partition coefficient (Wildman–Crippen LogP) is 2.72. The van der Waals surface area contributed by atoms with Gasteiger partial charge in [0, 0.05) is 57.7 Å². The van der Waals surface area contributed by atoms with Crippen molar-refractivity contribution < 1.29 is 13.9 Å². The number of amides is 1. The monoisotopic (exact) mass is 440 g/mol. The van der Waals surface area contributed by atoms with E-state index in [1.807, 2.05) is 31.2 Å². The summed E-state index contributed by atoms with van der Waals surface area (Å²) >= 11 is 0. The smallest absolute Gasteiger partial charge is 0.229 e. The summed E-state index contributed by atoms with van der Waals surface area (Å²) in [6.07, 6.45) is 4.08. The summed E-state index contributed by atoms with van der Waals surface area (Å²) in [5.41, 5.74) is 6.67. The van der Waals surface area contributed by atoms with Crippen LogP contribution in [0.2, 0.25) is 0 Å². The Morgan fingerprint density at radius 1 is 1.16 bits per heavy atom. The number of carbonyl (C=O) groups excluding carboxylic acids is 1. The van der Waals surface area contributed by atoms with E-state index in [1.165, 1.54) is 6.07 Å². The zero-order valence-electron chi connectivity index (χ0n) is 18.8. The second-order valence-corrected chi connectivity index (χ2v) is 9.32. The van der Waals surface area contributed by atoms with Gasteiger partial charge in [-0.05, 0) is 56.0 Å². The van der Waals surface area contributed by atoms with Gasteiger partial charge in [0.25, 0.3) is 0 Å². The highest BCUT2D eigenvalue weighted by molar-refractivity contribution is 5.85. The van der Waals surface area contributed by atoms with Gasteiger partial charge in [-0.25, -0.2) is 4.39 Å². The largest absolute Gasteiger partial charge is 0.381 e. The van der Waals surface area contributed by atoms with Crippen molar-refractivity contribution in [2.45, 2.75) is 43.7 Å². The highest BCUT2D eigenvalue weighted by Gasteiger charge is 2.48. The van der Waals surface area contributed by atoms with Crippen LogP contribution >= 0.6 is 0 Å². The quantitative estimate of drug-likeness (QED) is 0.717. The van der Waals surface area contributed by atoms with Gasteiger partial charge in [-0.2, -0.15) is 0 Å². The second kappa shape index (κ2) is 9.65. The van der Waals surface area contributed by atoms with Gasteiger partial charge in [0.2, 0.25) is 5.91 Å². The molecule has 1 unspecified atom stereocenters. The second-order valence-electron chi connectivity index (χ2n) is 9.32. The highest BCUT2D eigenvalue weighted by atomic mass is 19.1. The standard InChI is InChI=1S/C25H33FN4O2/c1-24(23(27)31,22-7-2-3-10-28-22)19-25(8-15-32-16-9-25)30-13-11-29(12-14-30)18-20-5-4-6-21(26)17-20/h2-7,10,17H,8-9,11-16,18-19H2,1H3,(H2,27,31). The fourth-order valence-electron chi connectivity index (χ4n) is 5.28. The van der Waals surface area contributed by atoms with Crippen LogP contribution in [0.25, 0.3) is 0 Å². The number of piperazine rings is 1. The minimum atomic E-state index is -0.850. The number of benzene rings is 1. The highest BCUT2D eigenvalue weighted by Crippen LogP contribution is 2.41. The normalized spacial score (nSPS) is 21.7. The van der Waals surface area contributed by atoms with Crippen molar-refractivity contribution >= 4 is 5.91 Å². The zero-order chi connectivity index (χ0) is 22.6. The maximum atomic E-state index is 13.6. The predicted molar refractivity (Wildman–Crippen MR) is 121 cm³/mol. The van der Waals surface area contributed by atoms with Gasteiger partial charge in [-0.1, -0.05) is 18.2 Å². The third-order valence-corrected chi connectivity index (χ3v) is 7.22. The van der Waals surface area contributed by atoms with E-state index in [-0.39, 0.29) is 17.3 Å². The molecule has 1 aromatic carbocycles. The minimum Gasteiger partial charge on any atom is -0.381 e. The van der Waals surface area contributed by atoms with Gasteiger partial charge < -0.3 is 10.5 Å². The third-order valence-electron chi connectivity index (χ3n) is 7.22. The van der Waals surface area contributed by atoms with Crippen molar-refractivity contribution in [1.82, 2.24) is 14.8 Å². The summed E-state index contributed by atoms with van der Waals surface area (Å²) in [5, 5.41) is 0. The first-order valence-corrected chi connectivity index (χ1v) is 11.4. The van der Waals surface area contributed by atoms with Crippen molar-refractivity contribution in [3.8, 4) is 0 Å². The Hall–Kier alpha value is -2.35. The van der Waals surface area contributed by atoms with Gasteiger partial charge in [-0.15, -0.1) is 0 Å².